The molecule has 1 N–H and O–H groups in total. The number of nitrogens with one attached hydrogen (secondary N) is 1. The second-order valence-corrected chi connectivity index (χ2v) is 7.50. The quantitative estimate of drug-likeness (QED) is 0.639. The molecular weight excluding hydrogens is 408 g/mol. The van der Waals surface area contributed by atoms with E-state index in [-0.39, 0.29) is 19.1 Å². The predicted molar refractivity (Wildman–Crippen MR) is 120 cm³/mol. The number of aryl methyl sites for hydroxylation is 1. The molecule has 166 valence electrons. The van der Waals surface area contributed by atoms with Crippen molar-refractivity contribution in [2.45, 2.75) is 13.5 Å². The van der Waals surface area contributed by atoms with Gasteiger partial charge in [-0.05, 0) is 24.6 Å². The molecule has 1 aliphatic heterocycles. The summed E-state index contributed by atoms with van der Waals surface area (Å²) in [5.41, 5.74) is 0.894. The number of hydrogen-bond donors (Lipinski definition) is 1. The van der Waals surface area contributed by atoms with E-state index in [9.17, 15) is 9.59 Å². The fourth-order valence-electron chi connectivity index (χ4n) is 3.54. The van der Waals surface area contributed by atoms with Crippen molar-refractivity contribution in [3.63, 3.8) is 0 Å². The standard InChI is InChI=1S/C23H26N6O3/c1-18-25-20(27-9-5-6-10-27)15-21(26-18)28-11-13-29(14-12-28)22(30)16-24-23(31)32-17-19-7-3-2-4-8-19/h2-10,15H,11-14,16-17H2,1H3,(H,24,31). The van der Waals surface area contributed by atoms with Gasteiger partial charge >= 0.3 is 6.09 Å². The third-order valence-corrected chi connectivity index (χ3v) is 5.23. The average Bonchev–Trinajstić information content (AvgIpc) is 3.37. The van der Waals surface area contributed by atoms with Gasteiger partial charge in [0.25, 0.3) is 0 Å². The Hall–Kier alpha value is -3.88. The minimum atomic E-state index is -0.602. The van der Waals surface area contributed by atoms with Gasteiger partial charge in [0.1, 0.15) is 30.6 Å². The molecule has 2 aromatic heterocycles. The molecule has 1 aliphatic rings. The van der Waals surface area contributed by atoms with Gasteiger partial charge in [-0.2, -0.15) is 0 Å². The Bertz CT molecular complexity index is 1050. The fourth-order valence-corrected chi connectivity index (χ4v) is 3.54. The van der Waals surface area contributed by atoms with E-state index in [1.165, 1.54) is 0 Å². The molecule has 2 amide bonds. The van der Waals surface area contributed by atoms with Crippen LogP contribution in [0, 0.1) is 6.92 Å². The van der Waals surface area contributed by atoms with E-state index in [0.717, 1.165) is 17.2 Å². The minimum Gasteiger partial charge on any atom is -0.445 e. The lowest BCUT2D eigenvalue weighted by molar-refractivity contribution is -0.130. The van der Waals surface area contributed by atoms with Gasteiger partial charge in [0.2, 0.25) is 5.91 Å². The maximum absolute atomic E-state index is 12.5. The molecule has 1 fully saturated rings. The summed E-state index contributed by atoms with van der Waals surface area (Å²) < 4.78 is 7.09. The Morgan fingerprint density at radius 1 is 0.969 bits per heavy atom. The average molecular weight is 435 g/mol. The predicted octanol–water partition coefficient (Wildman–Crippen LogP) is 2.15. The van der Waals surface area contributed by atoms with E-state index < -0.39 is 6.09 Å². The maximum atomic E-state index is 12.5. The Balaban J connectivity index is 1.25. The first-order chi connectivity index (χ1) is 15.6. The number of aromatic nitrogens is 3. The van der Waals surface area contributed by atoms with Crippen LogP contribution in [0.3, 0.4) is 0 Å². The number of benzene rings is 1. The van der Waals surface area contributed by atoms with Crippen LogP contribution in [-0.4, -0.2) is 64.2 Å². The summed E-state index contributed by atoms with van der Waals surface area (Å²) in [7, 11) is 0. The second-order valence-electron chi connectivity index (χ2n) is 7.50. The number of carbonyl (C=O) groups excluding carboxylic acids is 2. The lowest BCUT2D eigenvalue weighted by atomic mass is 10.2. The van der Waals surface area contributed by atoms with Gasteiger partial charge in [-0.25, -0.2) is 14.8 Å². The molecule has 9 nitrogen and oxygen atoms in total. The van der Waals surface area contributed by atoms with Crippen molar-refractivity contribution in [1.29, 1.82) is 0 Å². The molecule has 0 radical (unpaired) electrons. The summed E-state index contributed by atoms with van der Waals surface area (Å²) in [6, 6.07) is 15.3. The zero-order valence-electron chi connectivity index (χ0n) is 18.0. The van der Waals surface area contributed by atoms with Gasteiger partial charge in [0.15, 0.2) is 0 Å². The first-order valence-electron chi connectivity index (χ1n) is 10.5. The highest BCUT2D eigenvalue weighted by Gasteiger charge is 2.23. The van der Waals surface area contributed by atoms with Crippen molar-refractivity contribution in [2.75, 3.05) is 37.6 Å². The van der Waals surface area contributed by atoms with Crippen LogP contribution < -0.4 is 10.2 Å². The summed E-state index contributed by atoms with van der Waals surface area (Å²) >= 11 is 0. The molecule has 1 aromatic carbocycles. The van der Waals surface area contributed by atoms with Crippen LogP contribution in [0.5, 0.6) is 0 Å². The maximum Gasteiger partial charge on any atom is 0.407 e. The number of hydrogen-bond acceptors (Lipinski definition) is 6. The van der Waals surface area contributed by atoms with Crippen molar-refractivity contribution < 1.29 is 14.3 Å². The van der Waals surface area contributed by atoms with Crippen molar-refractivity contribution in [2.24, 2.45) is 0 Å². The number of nitrogens with zero attached hydrogens (tertiary/aromatic N) is 5. The van der Waals surface area contributed by atoms with Crippen molar-refractivity contribution in [1.82, 2.24) is 24.8 Å². The lowest BCUT2D eigenvalue weighted by Crippen LogP contribution is -2.51. The molecule has 0 unspecified atom stereocenters. The molecule has 3 aromatic rings. The number of anilines is 1. The molecule has 32 heavy (non-hydrogen) atoms. The summed E-state index contributed by atoms with van der Waals surface area (Å²) in [5.74, 6) is 2.22. The van der Waals surface area contributed by atoms with Crippen LogP contribution in [0.2, 0.25) is 0 Å². The second kappa shape index (κ2) is 9.95. The van der Waals surface area contributed by atoms with E-state index in [1.807, 2.05) is 72.4 Å². The van der Waals surface area contributed by atoms with Gasteiger partial charge < -0.3 is 24.4 Å². The number of piperazine rings is 1. The molecular formula is C23H26N6O3. The summed E-state index contributed by atoms with van der Waals surface area (Å²) in [4.78, 5) is 37.3. The zero-order valence-corrected chi connectivity index (χ0v) is 18.0. The number of amides is 2. The van der Waals surface area contributed by atoms with Crippen LogP contribution in [0.25, 0.3) is 5.82 Å². The highest BCUT2D eigenvalue weighted by molar-refractivity contribution is 5.82. The monoisotopic (exact) mass is 434 g/mol. The number of carbonyl (C=O) groups is 2. The van der Waals surface area contributed by atoms with Crippen LogP contribution in [-0.2, 0) is 16.1 Å². The molecule has 1 saturated heterocycles. The fraction of sp³-hybridized carbons (Fsp3) is 0.304. The molecule has 4 rings (SSSR count). The summed E-state index contributed by atoms with van der Waals surface area (Å²) in [6.45, 7) is 4.39. The van der Waals surface area contributed by atoms with E-state index in [0.29, 0.717) is 32.0 Å². The summed E-state index contributed by atoms with van der Waals surface area (Å²) in [6.07, 6.45) is 3.29. The van der Waals surface area contributed by atoms with Gasteiger partial charge in [0.05, 0.1) is 0 Å². The Morgan fingerprint density at radius 3 is 2.38 bits per heavy atom. The molecule has 9 heteroatoms. The largest absolute Gasteiger partial charge is 0.445 e. The third-order valence-electron chi connectivity index (χ3n) is 5.23. The highest BCUT2D eigenvalue weighted by atomic mass is 16.5. The summed E-state index contributed by atoms with van der Waals surface area (Å²) in [5, 5.41) is 2.53. The Labute approximate surface area is 186 Å². The topological polar surface area (TPSA) is 92.6 Å². The SMILES string of the molecule is Cc1nc(N2CCN(C(=O)CNC(=O)OCc3ccccc3)CC2)cc(-n2cccc2)n1. The van der Waals surface area contributed by atoms with Gasteiger partial charge in [0, 0.05) is 44.6 Å². The van der Waals surface area contributed by atoms with Crippen LogP contribution in [0.4, 0.5) is 10.6 Å². The van der Waals surface area contributed by atoms with E-state index >= 15 is 0 Å². The first-order valence-corrected chi connectivity index (χ1v) is 10.5. The van der Waals surface area contributed by atoms with E-state index in [4.69, 9.17) is 4.74 Å². The van der Waals surface area contributed by atoms with Crippen molar-refractivity contribution in [3.05, 3.63) is 72.3 Å². The molecule has 0 bridgehead atoms. The molecule has 0 spiro atoms. The van der Waals surface area contributed by atoms with Crippen LogP contribution >= 0.6 is 0 Å². The van der Waals surface area contributed by atoms with E-state index in [1.54, 1.807) is 4.90 Å². The molecule has 0 atom stereocenters. The Kier molecular flexibility index (Phi) is 6.64. The van der Waals surface area contributed by atoms with Crippen LogP contribution in [0.1, 0.15) is 11.4 Å². The van der Waals surface area contributed by atoms with Crippen molar-refractivity contribution >= 4 is 17.8 Å². The van der Waals surface area contributed by atoms with Crippen LogP contribution in [0.15, 0.2) is 60.9 Å². The zero-order chi connectivity index (χ0) is 22.3. The highest BCUT2D eigenvalue weighted by Crippen LogP contribution is 2.17. The van der Waals surface area contributed by atoms with Gasteiger partial charge in [-0.15, -0.1) is 0 Å². The molecule has 0 aliphatic carbocycles. The third kappa shape index (κ3) is 5.42. The lowest BCUT2D eigenvalue weighted by Gasteiger charge is -2.35. The van der Waals surface area contributed by atoms with Crippen molar-refractivity contribution in [3.8, 4) is 5.82 Å². The van der Waals surface area contributed by atoms with E-state index in [2.05, 4.69) is 20.2 Å². The molecule has 0 saturated carbocycles. The number of alkyl carbamates (subject to hydrolysis) is 1. The minimum absolute atomic E-state index is 0.0853. The first kappa shape index (κ1) is 21.4. The number of rotatable bonds is 6. The smallest absolute Gasteiger partial charge is 0.407 e. The normalized spacial score (nSPS) is 13.7. The van der Waals surface area contributed by atoms with Gasteiger partial charge in [-0.1, -0.05) is 30.3 Å². The molecule has 3 heterocycles. The Morgan fingerprint density at radius 2 is 1.66 bits per heavy atom. The van der Waals surface area contributed by atoms with Gasteiger partial charge in [-0.3, -0.25) is 4.79 Å². The number of ether oxygens (including phenoxy) is 1.